The van der Waals surface area contributed by atoms with Crippen LogP contribution in [0.3, 0.4) is 0 Å². The molecule has 3 amide bonds. The molecule has 1 aliphatic carbocycles. The minimum Gasteiger partial charge on any atom is -0.368 e. The van der Waals surface area contributed by atoms with Gasteiger partial charge in [-0.1, -0.05) is 49.2 Å². The van der Waals surface area contributed by atoms with Gasteiger partial charge in [-0.2, -0.15) is 5.26 Å². The first-order valence-corrected chi connectivity index (χ1v) is 12.2. The standard InChI is InChI=1S/C27H31N5O3/c28-18-19-7-6-10-21(17-19)27(35)32-15-13-31(14-16-32)23-12-5-4-11-22(23)26(34)30-24(25(29)33)20-8-2-1-3-9-20/h1-3,6-10,17,22-24H,4-5,11-16H2,(H2,29,33)(H,30,34)/t22-,23-,24+/m1/s1. The SMILES string of the molecule is N#Cc1cccc(C(=O)N2CCN([C@@H]3CCCC[C@H]3C(=O)N[C@H](C(N)=O)c3ccccc3)CC2)c1. The lowest BCUT2D eigenvalue weighted by molar-refractivity contribution is -0.133. The minimum absolute atomic E-state index is 0.0622. The lowest BCUT2D eigenvalue weighted by Gasteiger charge is -2.44. The van der Waals surface area contributed by atoms with Crippen LogP contribution in [-0.2, 0) is 9.59 Å². The molecule has 4 rings (SSSR count). The molecule has 2 aromatic carbocycles. The number of carbonyl (C=O) groups is 3. The molecule has 8 heteroatoms. The lowest BCUT2D eigenvalue weighted by Crippen LogP contribution is -2.56. The number of carbonyl (C=O) groups excluding carboxylic acids is 3. The monoisotopic (exact) mass is 473 g/mol. The number of primary amides is 1. The third-order valence-electron chi connectivity index (χ3n) is 7.08. The first-order chi connectivity index (χ1) is 17.0. The zero-order valence-corrected chi connectivity index (χ0v) is 19.7. The number of amides is 3. The van der Waals surface area contributed by atoms with Crippen LogP contribution in [0.25, 0.3) is 0 Å². The molecule has 2 aromatic rings. The van der Waals surface area contributed by atoms with Crippen LogP contribution < -0.4 is 11.1 Å². The van der Waals surface area contributed by atoms with Crippen molar-refractivity contribution in [3.8, 4) is 6.07 Å². The number of nitrogens with one attached hydrogen (secondary N) is 1. The lowest BCUT2D eigenvalue weighted by atomic mass is 9.82. The number of benzene rings is 2. The summed E-state index contributed by atoms with van der Waals surface area (Å²) in [6, 6.07) is 17.1. The summed E-state index contributed by atoms with van der Waals surface area (Å²) in [5.74, 6) is -1.03. The zero-order chi connectivity index (χ0) is 24.8. The maximum Gasteiger partial charge on any atom is 0.253 e. The summed E-state index contributed by atoms with van der Waals surface area (Å²) in [4.78, 5) is 42.5. The van der Waals surface area contributed by atoms with E-state index in [0.717, 1.165) is 25.7 Å². The summed E-state index contributed by atoms with van der Waals surface area (Å²) in [6.07, 6.45) is 3.68. The Morgan fingerprint density at radius 1 is 0.971 bits per heavy atom. The molecule has 1 saturated carbocycles. The Balaban J connectivity index is 1.40. The van der Waals surface area contributed by atoms with Crippen molar-refractivity contribution in [1.82, 2.24) is 15.1 Å². The molecule has 0 spiro atoms. The Labute approximate surface area is 205 Å². The van der Waals surface area contributed by atoms with Gasteiger partial charge in [0.2, 0.25) is 11.8 Å². The van der Waals surface area contributed by atoms with Crippen molar-refractivity contribution in [3.05, 3.63) is 71.3 Å². The zero-order valence-electron chi connectivity index (χ0n) is 19.7. The van der Waals surface area contributed by atoms with Gasteiger partial charge in [-0.25, -0.2) is 0 Å². The van der Waals surface area contributed by atoms with Crippen molar-refractivity contribution < 1.29 is 14.4 Å². The number of piperazine rings is 1. The second-order valence-corrected chi connectivity index (χ2v) is 9.23. The van der Waals surface area contributed by atoms with Gasteiger partial charge in [-0.3, -0.25) is 19.3 Å². The normalized spacial score (nSPS) is 21.5. The Morgan fingerprint density at radius 3 is 2.37 bits per heavy atom. The van der Waals surface area contributed by atoms with E-state index in [1.165, 1.54) is 0 Å². The van der Waals surface area contributed by atoms with Gasteiger partial charge in [0.1, 0.15) is 6.04 Å². The average Bonchev–Trinajstić information content (AvgIpc) is 2.91. The van der Waals surface area contributed by atoms with E-state index in [1.807, 2.05) is 23.1 Å². The molecule has 8 nitrogen and oxygen atoms in total. The summed E-state index contributed by atoms with van der Waals surface area (Å²) in [6.45, 7) is 2.48. The molecule has 1 saturated heterocycles. The Kier molecular flexibility index (Phi) is 7.78. The maximum atomic E-state index is 13.3. The minimum atomic E-state index is -0.857. The Hall–Kier alpha value is -3.70. The Morgan fingerprint density at radius 2 is 1.69 bits per heavy atom. The van der Waals surface area contributed by atoms with Crippen molar-refractivity contribution >= 4 is 17.7 Å². The molecule has 1 aliphatic heterocycles. The molecule has 0 unspecified atom stereocenters. The summed E-state index contributed by atoms with van der Waals surface area (Å²) in [5.41, 5.74) is 7.28. The molecular formula is C27H31N5O3. The molecular weight excluding hydrogens is 442 g/mol. The van der Waals surface area contributed by atoms with Crippen molar-refractivity contribution in [3.63, 3.8) is 0 Å². The van der Waals surface area contributed by atoms with Gasteiger partial charge in [-0.05, 0) is 36.6 Å². The van der Waals surface area contributed by atoms with Crippen LogP contribution in [0, 0.1) is 17.2 Å². The molecule has 1 heterocycles. The summed E-state index contributed by atoms with van der Waals surface area (Å²) >= 11 is 0. The largest absolute Gasteiger partial charge is 0.368 e. The summed E-state index contributed by atoms with van der Waals surface area (Å²) in [7, 11) is 0. The highest BCUT2D eigenvalue weighted by Gasteiger charge is 2.38. The van der Waals surface area contributed by atoms with Crippen LogP contribution in [0.4, 0.5) is 0 Å². The molecule has 35 heavy (non-hydrogen) atoms. The fraction of sp³-hybridized carbons (Fsp3) is 0.407. The average molecular weight is 474 g/mol. The highest BCUT2D eigenvalue weighted by Crippen LogP contribution is 2.30. The second-order valence-electron chi connectivity index (χ2n) is 9.23. The first-order valence-electron chi connectivity index (χ1n) is 12.2. The van der Waals surface area contributed by atoms with E-state index in [4.69, 9.17) is 11.0 Å². The molecule has 3 N–H and O–H groups in total. The molecule has 2 fully saturated rings. The topological polar surface area (TPSA) is 120 Å². The summed E-state index contributed by atoms with van der Waals surface area (Å²) in [5, 5.41) is 12.0. The third kappa shape index (κ3) is 5.69. The van der Waals surface area contributed by atoms with E-state index in [-0.39, 0.29) is 23.8 Å². The van der Waals surface area contributed by atoms with Crippen molar-refractivity contribution in [1.29, 1.82) is 5.26 Å². The summed E-state index contributed by atoms with van der Waals surface area (Å²) < 4.78 is 0. The van der Waals surface area contributed by atoms with Gasteiger partial charge >= 0.3 is 0 Å². The van der Waals surface area contributed by atoms with Gasteiger partial charge in [0.15, 0.2) is 0 Å². The fourth-order valence-corrected chi connectivity index (χ4v) is 5.23. The van der Waals surface area contributed by atoms with E-state index < -0.39 is 11.9 Å². The number of rotatable bonds is 6. The second kappa shape index (κ2) is 11.2. The predicted molar refractivity (Wildman–Crippen MR) is 131 cm³/mol. The van der Waals surface area contributed by atoms with E-state index in [2.05, 4.69) is 16.3 Å². The van der Waals surface area contributed by atoms with Gasteiger partial charge in [0, 0.05) is 37.8 Å². The first kappa shape index (κ1) is 24.4. The van der Waals surface area contributed by atoms with Crippen LogP contribution >= 0.6 is 0 Å². The van der Waals surface area contributed by atoms with Gasteiger partial charge < -0.3 is 16.0 Å². The van der Waals surface area contributed by atoms with Crippen LogP contribution in [0.1, 0.15) is 53.2 Å². The maximum absolute atomic E-state index is 13.3. The van der Waals surface area contributed by atoms with Crippen LogP contribution in [0.5, 0.6) is 0 Å². The molecule has 3 atom stereocenters. The van der Waals surface area contributed by atoms with Gasteiger partial charge in [0.05, 0.1) is 17.6 Å². The molecule has 0 radical (unpaired) electrons. The van der Waals surface area contributed by atoms with Crippen molar-refractivity contribution in [2.24, 2.45) is 11.7 Å². The molecule has 2 aliphatic rings. The highest BCUT2D eigenvalue weighted by atomic mass is 16.2. The van der Waals surface area contributed by atoms with Gasteiger partial charge in [0.25, 0.3) is 5.91 Å². The van der Waals surface area contributed by atoms with E-state index in [9.17, 15) is 14.4 Å². The number of nitrogens with two attached hydrogens (primary N) is 1. The van der Waals surface area contributed by atoms with Gasteiger partial charge in [-0.15, -0.1) is 0 Å². The number of hydrogen-bond donors (Lipinski definition) is 2. The van der Waals surface area contributed by atoms with E-state index >= 15 is 0 Å². The number of hydrogen-bond acceptors (Lipinski definition) is 5. The number of nitriles is 1. The molecule has 182 valence electrons. The molecule has 0 bridgehead atoms. The van der Waals surface area contributed by atoms with Crippen LogP contribution in [-0.4, -0.2) is 59.7 Å². The Bertz CT molecular complexity index is 1110. The quantitative estimate of drug-likeness (QED) is 0.667. The van der Waals surface area contributed by atoms with Crippen LogP contribution in [0.15, 0.2) is 54.6 Å². The van der Waals surface area contributed by atoms with Crippen LogP contribution in [0.2, 0.25) is 0 Å². The van der Waals surface area contributed by atoms with Crippen molar-refractivity contribution in [2.45, 2.75) is 37.8 Å². The highest BCUT2D eigenvalue weighted by molar-refractivity contribution is 5.94. The fourth-order valence-electron chi connectivity index (χ4n) is 5.23. The number of nitrogens with zero attached hydrogens (tertiary/aromatic N) is 3. The van der Waals surface area contributed by atoms with E-state index in [1.54, 1.807) is 36.4 Å². The third-order valence-corrected chi connectivity index (χ3v) is 7.08. The smallest absolute Gasteiger partial charge is 0.253 e. The predicted octanol–water partition coefficient (Wildman–Crippen LogP) is 2.22. The van der Waals surface area contributed by atoms with E-state index in [0.29, 0.717) is 42.9 Å². The van der Waals surface area contributed by atoms with Crippen molar-refractivity contribution in [2.75, 3.05) is 26.2 Å². The molecule has 0 aromatic heterocycles.